The van der Waals surface area contributed by atoms with E-state index in [1.54, 1.807) is 38.3 Å². The maximum Gasteiger partial charge on any atom is 0.242 e. The van der Waals surface area contributed by atoms with Gasteiger partial charge in [0.2, 0.25) is 21.8 Å². The van der Waals surface area contributed by atoms with E-state index in [0.29, 0.717) is 17.2 Å². The van der Waals surface area contributed by atoms with Crippen molar-refractivity contribution in [1.82, 2.24) is 10.2 Å². The van der Waals surface area contributed by atoms with Gasteiger partial charge >= 0.3 is 0 Å². The molecule has 0 aliphatic rings. The highest BCUT2D eigenvalue weighted by atomic mass is 35.5. The van der Waals surface area contributed by atoms with E-state index >= 15 is 0 Å². The zero-order valence-corrected chi connectivity index (χ0v) is 24.6. The van der Waals surface area contributed by atoms with Crippen molar-refractivity contribution >= 4 is 39.1 Å². The molecule has 2 rings (SSSR count). The highest BCUT2D eigenvalue weighted by Crippen LogP contribution is 2.30. The summed E-state index contributed by atoms with van der Waals surface area (Å²) in [5, 5.41) is 3.20. The molecule has 11 heteroatoms. The smallest absolute Gasteiger partial charge is 0.242 e. The molecular formula is C27H38ClN3O6S. The average molecular weight is 568 g/mol. The van der Waals surface area contributed by atoms with Gasteiger partial charge < -0.3 is 19.7 Å². The van der Waals surface area contributed by atoms with Crippen LogP contribution in [0.1, 0.15) is 46.1 Å². The molecule has 0 aliphatic heterocycles. The number of hydrogen-bond acceptors (Lipinski definition) is 6. The van der Waals surface area contributed by atoms with Crippen LogP contribution in [0, 0.1) is 0 Å². The van der Waals surface area contributed by atoms with Gasteiger partial charge in [-0.15, -0.1) is 0 Å². The first-order valence-corrected chi connectivity index (χ1v) is 14.4. The number of nitrogens with zero attached hydrogens (tertiary/aromatic N) is 2. The number of hydrogen-bond donors (Lipinski definition) is 1. The van der Waals surface area contributed by atoms with Crippen molar-refractivity contribution in [2.45, 2.75) is 58.7 Å². The number of rotatable bonds is 12. The Morgan fingerprint density at radius 3 is 2.18 bits per heavy atom. The van der Waals surface area contributed by atoms with E-state index in [1.807, 2.05) is 32.9 Å². The fourth-order valence-corrected chi connectivity index (χ4v) is 5.01. The molecule has 2 amide bonds. The minimum Gasteiger partial charge on any atom is -0.497 e. The van der Waals surface area contributed by atoms with Crippen molar-refractivity contribution in [3.63, 3.8) is 0 Å². The lowest BCUT2D eigenvalue weighted by molar-refractivity contribution is -0.141. The molecule has 0 aromatic heterocycles. The topological polar surface area (TPSA) is 105 Å². The summed E-state index contributed by atoms with van der Waals surface area (Å²) in [5.74, 6) is 0.573. The summed E-state index contributed by atoms with van der Waals surface area (Å²) in [6, 6.07) is 11.2. The summed E-state index contributed by atoms with van der Waals surface area (Å²) in [7, 11) is -0.598. The van der Waals surface area contributed by atoms with E-state index in [4.69, 9.17) is 21.1 Å². The first-order valence-electron chi connectivity index (χ1n) is 12.2. The van der Waals surface area contributed by atoms with Crippen LogP contribution in [-0.4, -0.2) is 63.7 Å². The second kappa shape index (κ2) is 13.2. The normalized spacial score (nSPS) is 12.4. The van der Waals surface area contributed by atoms with E-state index in [2.05, 4.69) is 5.32 Å². The van der Waals surface area contributed by atoms with Crippen LogP contribution in [-0.2, 0) is 26.2 Å². The van der Waals surface area contributed by atoms with Crippen LogP contribution >= 0.6 is 11.6 Å². The summed E-state index contributed by atoms with van der Waals surface area (Å²) < 4.78 is 36.6. The van der Waals surface area contributed by atoms with Crippen LogP contribution in [0.5, 0.6) is 11.5 Å². The van der Waals surface area contributed by atoms with Gasteiger partial charge in [-0.3, -0.25) is 13.9 Å². The Balaban J connectivity index is 2.21. The molecule has 0 fully saturated rings. The second-order valence-electron chi connectivity index (χ2n) is 10.0. The molecule has 2 aromatic rings. The molecule has 0 radical (unpaired) electrons. The van der Waals surface area contributed by atoms with E-state index < -0.39 is 21.6 Å². The van der Waals surface area contributed by atoms with Crippen molar-refractivity contribution in [1.29, 1.82) is 0 Å². The van der Waals surface area contributed by atoms with Crippen molar-refractivity contribution in [3.8, 4) is 11.5 Å². The van der Waals surface area contributed by atoms with Gasteiger partial charge in [0.05, 0.1) is 31.2 Å². The van der Waals surface area contributed by atoms with Crippen molar-refractivity contribution in [2.24, 2.45) is 0 Å². The number of anilines is 1. The van der Waals surface area contributed by atoms with Crippen LogP contribution in [0.2, 0.25) is 5.02 Å². The number of carbonyl (C=O) groups excluding carboxylic acids is 2. The second-order valence-corrected chi connectivity index (χ2v) is 12.4. The largest absolute Gasteiger partial charge is 0.497 e. The molecule has 9 nitrogen and oxygen atoms in total. The third kappa shape index (κ3) is 9.09. The Bertz CT molecular complexity index is 1210. The lowest BCUT2D eigenvalue weighted by atomic mass is 10.1. The maximum absolute atomic E-state index is 13.4. The Hall–Kier alpha value is -2.98. The third-order valence-electron chi connectivity index (χ3n) is 5.75. The lowest BCUT2D eigenvalue weighted by Crippen LogP contribution is -2.52. The quantitative estimate of drug-likeness (QED) is 0.411. The number of benzene rings is 2. The third-order valence-corrected chi connectivity index (χ3v) is 7.24. The number of halogens is 1. The predicted molar refractivity (Wildman–Crippen MR) is 150 cm³/mol. The van der Waals surface area contributed by atoms with Crippen LogP contribution in [0.25, 0.3) is 0 Å². The SMILES string of the molecule is COc1ccc(CN(C(=O)CCCN(c2ccc(OC)c(Cl)c2)S(C)(=O)=O)[C@H](C)C(=O)NC(C)(C)C)cc1. The van der Waals surface area contributed by atoms with E-state index in [9.17, 15) is 18.0 Å². The molecule has 0 saturated carbocycles. The zero-order valence-electron chi connectivity index (χ0n) is 23.1. The Labute approximate surface area is 231 Å². The molecule has 210 valence electrons. The highest BCUT2D eigenvalue weighted by Gasteiger charge is 2.28. The van der Waals surface area contributed by atoms with E-state index in [-0.39, 0.29) is 42.8 Å². The van der Waals surface area contributed by atoms with Crippen LogP contribution in [0.15, 0.2) is 42.5 Å². The Kier molecular flexibility index (Phi) is 10.8. The molecule has 38 heavy (non-hydrogen) atoms. The fraction of sp³-hybridized carbons (Fsp3) is 0.481. The molecular weight excluding hydrogens is 530 g/mol. The summed E-state index contributed by atoms with van der Waals surface area (Å²) in [6.45, 7) is 7.58. The number of ether oxygens (including phenoxy) is 2. The number of nitrogens with one attached hydrogen (secondary N) is 1. The van der Waals surface area contributed by atoms with Gasteiger partial charge in [0.1, 0.15) is 17.5 Å². The number of amides is 2. The predicted octanol–water partition coefficient (Wildman–Crippen LogP) is 4.24. The van der Waals surface area contributed by atoms with Gasteiger partial charge in [0.25, 0.3) is 0 Å². The van der Waals surface area contributed by atoms with Crippen molar-refractivity contribution < 1.29 is 27.5 Å². The van der Waals surface area contributed by atoms with Crippen molar-refractivity contribution in [2.75, 3.05) is 31.3 Å². The minimum atomic E-state index is -3.64. The molecule has 0 saturated heterocycles. The van der Waals surface area contributed by atoms with Crippen LogP contribution in [0.4, 0.5) is 5.69 Å². The molecule has 0 aliphatic carbocycles. The molecule has 1 atom stereocenters. The first kappa shape index (κ1) is 31.2. The van der Waals surface area contributed by atoms with Gasteiger partial charge in [-0.2, -0.15) is 0 Å². The van der Waals surface area contributed by atoms with Gasteiger partial charge in [0, 0.05) is 25.0 Å². The number of methoxy groups -OCH3 is 2. The lowest BCUT2D eigenvalue weighted by Gasteiger charge is -2.32. The monoisotopic (exact) mass is 567 g/mol. The zero-order chi connectivity index (χ0) is 28.7. The van der Waals surface area contributed by atoms with Crippen LogP contribution < -0.4 is 19.1 Å². The maximum atomic E-state index is 13.4. The fourth-order valence-electron chi connectivity index (χ4n) is 3.80. The summed E-state index contributed by atoms with van der Waals surface area (Å²) in [4.78, 5) is 27.9. The molecule has 0 unspecified atom stereocenters. The molecule has 2 aromatic carbocycles. The average Bonchev–Trinajstić information content (AvgIpc) is 2.83. The van der Waals surface area contributed by atoms with Crippen LogP contribution in [0.3, 0.4) is 0 Å². The Morgan fingerprint density at radius 1 is 1.05 bits per heavy atom. The number of carbonyl (C=O) groups is 2. The summed E-state index contributed by atoms with van der Waals surface area (Å²) >= 11 is 6.20. The summed E-state index contributed by atoms with van der Waals surface area (Å²) in [6.07, 6.45) is 1.38. The number of sulfonamides is 1. The van der Waals surface area contributed by atoms with E-state index in [0.717, 1.165) is 11.8 Å². The Morgan fingerprint density at radius 2 is 1.68 bits per heavy atom. The molecule has 0 bridgehead atoms. The van der Waals surface area contributed by atoms with Gasteiger partial charge in [-0.25, -0.2) is 8.42 Å². The molecule has 1 N–H and O–H groups in total. The van der Waals surface area contributed by atoms with Crippen molar-refractivity contribution in [3.05, 3.63) is 53.1 Å². The van der Waals surface area contributed by atoms with Gasteiger partial charge in [-0.05, 0) is 70.0 Å². The standard InChI is InChI=1S/C27H38ClN3O6S/c1-19(26(33)29-27(2,3)4)30(18-20-10-13-22(36-5)14-11-20)25(32)9-8-16-31(38(7,34)35)21-12-15-24(37-6)23(28)17-21/h10-15,17,19H,8-9,16,18H2,1-7H3,(H,29,33)/t19-/m1/s1. The van der Waals surface area contributed by atoms with E-state index in [1.165, 1.54) is 22.4 Å². The van der Waals surface area contributed by atoms with Gasteiger partial charge in [0.15, 0.2) is 0 Å². The molecule has 0 heterocycles. The minimum absolute atomic E-state index is 0.0409. The first-order chi connectivity index (χ1) is 17.7. The van der Waals surface area contributed by atoms with Gasteiger partial charge in [-0.1, -0.05) is 23.7 Å². The summed E-state index contributed by atoms with van der Waals surface area (Å²) in [5.41, 5.74) is 0.745. The molecule has 0 spiro atoms. The highest BCUT2D eigenvalue weighted by molar-refractivity contribution is 7.92.